The van der Waals surface area contributed by atoms with Crippen LogP contribution in [0.1, 0.15) is 36.5 Å². The zero-order valence-corrected chi connectivity index (χ0v) is 13.8. The van der Waals surface area contributed by atoms with E-state index in [1.807, 2.05) is 24.3 Å². The monoisotopic (exact) mass is 350 g/mol. The van der Waals surface area contributed by atoms with E-state index in [9.17, 15) is 17.6 Å². The number of aryl methyl sites for hydroxylation is 1. The van der Waals surface area contributed by atoms with Crippen molar-refractivity contribution in [1.29, 1.82) is 0 Å². The Morgan fingerprint density at radius 3 is 2.20 bits per heavy atom. The zero-order valence-electron chi connectivity index (χ0n) is 13.8. The van der Waals surface area contributed by atoms with Crippen molar-refractivity contribution >= 4 is 0 Å². The first-order chi connectivity index (χ1) is 11.9. The van der Waals surface area contributed by atoms with Crippen LogP contribution in [0.2, 0.25) is 0 Å². The van der Waals surface area contributed by atoms with Crippen LogP contribution in [0.5, 0.6) is 5.75 Å². The first kappa shape index (κ1) is 18.9. The molecule has 0 heterocycles. The summed E-state index contributed by atoms with van der Waals surface area (Å²) in [4.78, 5) is 0. The Morgan fingerprint density at radius 2 is 1.60 bits per heavy atom. The fourth-order valence-electron chi connectivity index (χ4n) is 2.14. The van der Waals surface area contributed by atoms with Crippen LogP contribution in [0.4, 0.5) is 17.6 Å². The second-order valence-corrected chi connectivity index (χ2v) is 5.60. The van der Waals surface area contributed by atoms with Crippen molar-refractivity contribution in [1.82, 2.24) is 0 Å². The lowest BCUT2D eigenvalue weighted by Crippen LogP contribution is -2.19. The van der Waals surface area contributed by atoms with Gasteiger partial charge in [-0.05, 0) is 48.7 Å². The summed E-state index contributed by atoms with van der Waals surface area (Å²) in [5.74, 6) is 4.39. The minimum atomic E-state index is -4.51. The number of alkyl halides is 3. The Morgan fingerprint density at radius 1 is 0.960 bits per heavy atom. The molecule has 0 aliphatic heterocycles. The van der Waals surface area contributed by atoms with Crippen LogP contribution in [-0.2, 0) is 6.42 Å². The maximum Gasteiger partial charge on any atom is 0.422 e. The fourth-order valence-corrected chi connectivity index (χ4v) is 2.14. The predicted molar refractivity (Wildman–Crippen MR) is 89.0 cm³/mol. The van der Waals surface area contributed by atoms with E-state index in [4.69, 9.17) is 0 Å². The summed E-state index contributed by atoms with van der Waals surface area (Å²) in [7, 11) is 0. The highest BCUT2D eigenvalue weighted by atomic mass is 19.4. The van der Waals surface area contributed by atoms with Gasteiger partial charge in [-0.1, -0.05) is 37.3 Å². The van der Waals surface area contributed by atoms with E-state index in [1.165, 1.54) is 11.6 Å². The van der Waals surface area contributed by atoms with Gasteiger partial charge in [0.15, 0.2) is 18.2 Å². The van der Waals surface area contributed by atoms with Crippen LogP contribution in [0.15, 0.2) is 42.5 Å². The summed E-state index contributed by atoms with van der Waals surface area (Å²) in [6.07, 6.45) is -1.22. The van der Waals surface area contributed by atoms with E-state index in [-0.39, 0.29) is 0 Å². The Balaban J connectivity index is 2.03. The Hall–Kier alpha value is -2.48. The Kier molecular flexibility index (Phi) is 6.46. The van der Waals surface area contributed by atoms with Gasteiger partial charge in [0.1, 0.15) is 0 Å². The Bertz CT molecular complexity index is 752. The van der Waals surface area contributed by atoms with E-state index in [0.29, 0.717) is 5.56 Å². The molecule has 0 N–H and O–H groups in total. The van der Waals surface area contributed by atoms with Crippen LogP contribution >= 0.6 is 0 Å². The second kappa shape index (κ2) is 8.57. The molecule has 132 valence electrons. The third kappa shape index (κ3) is 6.50. The molecule has 0 radical (unpaired) electrons. The van der Waals surface area contributed by atoms with Crippen molar-refractivity contribution in [2.45, 2.75) is 32.4 Å². The maximum absolute atomic E-state index is 13.8. The highest BCUT2D eigenvalue weighted by Gasteiger charge is 2.28. The van der Waals surface area contributed by atoms with E-state index < -0.39 is 24.3 Å². The molecule has 0 atom stereocenters. The van der Waals surface area contributed by atoms with Crippen molar-refractivity contribution in [2.75, 3.05) is 6.61 Å². The molecule has 0 amide bonds. The van der Waals surface area contributed by atoms with Gasteiger partial charge in [-0.2, -0.15) is 13.2 Å². The van der Waals surface area contributed by atoms with Gasteiger partial charge < -0.3 is 4.74 Å². The maximum atomic E-state index is 13.8. The lowest BCUT2D eigenvalue weighted by atomic mass is 10.1. The first-order valence-electron chi connectivity index (χ1n) is 7.97. The fraction of sp³-hybridized carbons (Fsp3) is 0.300. The molecule has 0 saturated heterocycles. The molecule has 1 nitrogen and oxygen atoms in total. The smallest absolute Gasteiger partial charge is 0.422 e. The molecule has 0 fully saturated rings. The molecular formula is C20H18F4O. The molecule has 0 unspecified atom stereocenters. The molecule has 0 aromatic heterocycles. The molecule has 0 spiro atoms. The molecule has 25 heavy (non-hydrogen) atoms. The van der Waals surface area contributed by atoms with E-state index >= 15 is 0 Å². The predicted octanol–water partition coefficient (Wildman–Crippen LogP) is 5.51. The molecule has 0 aliphatic rings. The van der Waals surface area contributed by atoms with E-state index in [1.54, 1.807) is 0 Å². The number of rotatable bonds is 5. The lowest BCUT2D eigenvalue weighted by Gasteiger charge is -2.09. The van der Waals surface area contributed by atoms with Crippen LogP contribution in [0.3, 0.4) is 0 Å². The van der Waals surface area contributed by atoms with Gasteiger partial charge in [0, 0.05) is 11.1 Å². The van der Waals surface area contributed by atoms with Crippen molar-refractivity contribution < 1.29 is 22.3 Å². The van der Waals surface area contributed by atoms with Gasteiger partial charge in [0.05, 0.1) is 0 Å². The molecule has 0 saturated carbocycles. The van der Waals surface area contributed by atoms with Crippen molar-refractivity contribution in [3.63, 3.8) is 0 Å². The summed E-state index contributed by atoms with van der Waals surface area (Å²) in [6.45, 7) is 0.609. The number of unbranched alkanes of at least 4 members (excludes halogenated alkanes) is 1. The normalized spacial score (nSPS) is 10.9. The third-order valence-corrected chi connectivity index (χ3v) is 3.45. The second-order valence-electron chi connectivity index (χ2n) is 5.60. The number of ether oxygens (including phenoxy) is 1. The summed E-state index contributed by atoms with van der Waals surface area (Å²) < 4.78 is 54.4. The minimum Gasteiger partial charge on any atom is -0.481 e. The summed E-state index contributed by atoms with van der Waals surface area (Å²) in [6, 6.07) is 11.5. The van der Waals surface area contributed by atoms with Gasteiger partial charge in [-0.15, -0.1) is 0 Å². The van der Waals surface area contributed by atoms with Crippen LogP contribution in [0, 0.1) is 17.7 Å². The molecule has 5 heteroatoms. The van der Waals surface area contributed by atoms with Gasteiger partial charge in [0.25, 0.3) is 0 Å². The highest BCUT2D eigenvalue weighted by molar-refractivity contribution is 5.45. The van der Waals surface area contributed by atoms with E-state index in [2.05, 4.69) is 23.5 Å². The van der Waals surface area contributed by atoms with Crippen molar-refractivity contribution in [3.05, 3.63) is 65.0 Å². The van der Waals surface area contributed by atoms with Crippen molar-refractivity contribution in [2.24, 2.45) is 0 Å². The summed E-state index contributed by atoms with van der Waals surface area (Å²) in [5.41, 5.74) is 2.40. The number of hydrogen-bond acceptors (Lipinski definition) is 1. The Labute approximate surface area is 144 Å². The number of hydrogen-bond donors (Lipinski definition) is 0. The quantitative estimate of drug-likeness (QED) is 0.510. The summed E-state index contributed by atoms with van der Waals surface area (Å²) >= 11 is 0. The van der Waals surface area contributed by atoms with Crippen LogP contribution < -0.4 is 4.74 Å². The van der Waals surface area contributed by atoms with Crippen LogP contribution in [-0.4, -0.2) is 12.8 Å². The number of benzene rings is 2. The highest BCUT2D eigenvalue weighted by Crippen LogP contribution is 2.22. The van der Waals surface area contributed by atoms with Gasteiger partial charge in [-0.25, -0.2) is 4.39 Å². The average molecular weight is 350 g/mol. The molecule has 2 rings (SSSR count). The van der Waals surface area contributed by atoms with Crippen LogP contribution in [0.25, 0.3) is 0 Å². The van der Waals surface area contributed by atoms with Gasteiger partial charge in [-0.3, -0.25) is 0 Å². The molecule has 0 aliphatic carbocycles. The zero-order chi connectivity index (χ0) is 18.3. The molecule has 2 aromatic carbocycles. The third-order valence-electron chi connectivity index (χ3n) is 3.45. The van der Waals surface area contributed by atoms with Gasteiger partial charge in [0.2, 0.25) is 0 Å². The largest absolute Gasteiger partial charge is 0.481 e. The van der Waals surface area contributed by atoms with Crippen molar-refractivity contribution in [3.8, 4) is 17.6 Å². The van der Waals surface area contributed by atoms with Gasteiger partial charge >= 0.3 is 6.18 Å². The lowest BCUT2D eigenvalue weighted by molar-refractivity contribution is -0.153. The first-order valence-corrected chi connectivity index (χ1v) is 7.97. The minimum absolute atomic E-state index is 0.368. The molecule has 2 aromatic rings. The topological polar surface area (TPSA) is 9.23 Å². The number of halogens is 4. The standard InChI is InChI=1S/C20H18F4O/c1-2-3-4-15-5-7-16(8-6-15)9-10-17-11-12-19(18(21)13-17)25-14-20(22,23)24/h5-8,11-13H,2-4,14H2,1H3. The summed E-state index contributed by atoms with van der Waals surface area (Å²) in [5, 5.41) is 0. The average Bonchev–Trinajstić information content (AvgIpc) is 2.57. The molecule has 0 bridgehead atoms. The van der Waals surface area contributed by atoms with E-state index in [0.717, 1.165) is 37.0 Å². The molecular weight excluding hydrogens is 332 g/mol. The SMILES string of the molecule is CCCCc1ccc(C#Cc2ccc(OCC(F)(F)F)c(F)c2)cc1.